The van der Waals surface area contributed by atoms with Gasteiger partial charge in [0.15, 0.2) is 6.61 Å². The standard InChI is InChI=1S/C16H15BrO3/c1-11-3-6-13(7-4-11)20-16(18)10-19-15-8-5-12(2)9-14(15)17/h3-9H,10H2,1-2H3. The molecule has 0 saturated heterocycles. The van der Waals surface area contributed by atoms with Crippen LogP contribution in [0.1, 0.15) is 11.1 Å². The lowest BCUT2D eigenvalue weighted by Gasteiger charge is -2.09. The van der Waals surface area contributed by atoms with Crippen molar-refractivity contribution in [3.63, 3.8) is 0 Å². The minimum atomic E-state index is -0.429. The number of halogens is 1. The highest BCUT2D eigenvalue weighted by Crippen LogP contribution is 2.25. The van der Waals surface area contributed by atoms with Crippen LogP contribution in [0.5, 0.6) is 11.5 Å². The molecule has 0 atom stereocenters. The number of carbonyl (C=O) groups is 1. The maximum atomic E-state index is 11.7. The van der Waals surface area contributed by atoms with E-state index in [0.29, 0.717) is 11.5 Å². The summed E-state index contributed by atoms with van der Waals surface area (Å²) in [5.41, 5.74) is 2.23. The average molecular weight is 335 g/mol. The van der Waals surface area contributed by atoms with Gasteiger partial charge in [0.2, 0.25) is 0 Å². The van der Waals surface area contributed by atoms with Crippen LogP contribution >= 0.6 is 15.9 Å². The summed E-state index contributed by atoms with van der Waals surface area (Å²) in [5.74, 6) is 0.713. The van der Waals surface area contributed by atoms with Crippen molar-refractivity contribution in [2.24, 2.45) is 0 Å². The molecular weight excluding hydrogens is 320 g/mol. The zero-order valence-electron chi connectivity index (χ0n) is 11.4. The van der Waals surface area contributed by atoms with Crippen molar-refractivity contribution in [1.29, 1.82) is 0 Å². The number of benzene rings is 2. The van der Waals surface area contributed by atoms with E-state index < -0.39 is 5.97 Å². The van der Waals surface area contributed by atoms with E-state index in [1.54, 1.807) is 12.1 Å². The molecule has 104 valence electrons. The summed E-state index contributed by atoms with van der Waals surface area (Å²) in [6.07, 6.45) is 0. The fourth-order valence-electron chi connectivity index (χ4n) is 1.63. The Morgan fingerprint density at radius 1 is 1.05 bits per heavy atom. The second-order valence-electron chi connectivity index (χ2n) is 4.51. The summed E-state index contributed by atoms with van der Waals surface area (Å²) in [7, 11) is 0. The number of ether oxygens (including phenoxy) is 2. The molecule has 0 aromatic heterocycles. The SMILES string of the molecule is Cc1ccc(OC(=O)COc2ccc(C)cc2Br)cc1. The van der Waals surface area contributed by atoms with Crippen molar-refractivity contribution in [3.8, 4) is 11.5 Å². The number of carbonyl (C=O) groups excluding carboxylic acids is 1. The third kappa shape index (κ3) is 4.10. The van der Waals surface area contributed by atoms with Crippen molar-refractivity contribution in [2.45, 2.75) is 13.8 Å². The number of esters is 1. The van der Waals surface area contributed by atoms with Gasteiger partial charge in [-0.3, -0.25) is 0 Å². The Morgan fingerprint density at radius 2 is 1.70 bits per heavy atom. The Labute approximate surface area is 126 Å². The zero-order valence-corrected chi connectivity index (χ0v) is 12.9. The van der Waals surface area contributed by atoms with Crippen LogP contribution in [0.4, 0.5) is 0 Å². The van der Waals surface area contributed by atoms with Gasteiger partial charge in [0.05, 0.1) is 4.47 Å². The van der Waals surface area contributed by atoms with Gasteiger partial charge in [0, 0.05) is 0 Å². The molecule has 2 aromatic rings. The predicted octanol–water partition coefficient (Wildman–Crippen LogP) is 4.05. The molecule has 2 rings (SSSR count). The number of rotatable bonds is 4. The third-order valence-electron chi connectivity index (χ3n) is 2.69. The van der Waals surface area contributed by atoms with Gasteiger partial charge in [0.25, 0.3) is 0 Å². The first kappa shape index (κ1) is 14.6. The second-order valence-corrected chi connectivity index (χ2v) is 5.36. The van der Waals surface area contributed by atoms with Gasteiger partial charge >= 0.3 is 5.97 Å². The summed E-state index contributed by atoms with van der Waals surface area (Å²) < 4.78 is 11.4. The van der Waals surface area contributed by atoms with Crippen molar-refractivity contribution < 1.29 is 14.3 Å². The minimum absolute atomic E-state index is 0.129. The van der Waals surface area contributed by atoms with E-state index in [4.69, 9.17) is 9.47 Å². The molecule has 0 saturated carbocycles. The molecule has 0 radical (unpaired) electrons. The van der Waals surface area contributed by atoms with Crippen molar-refractivity contribution in [1.82, 2.24) is 0 Å². The van der Waals surface area contributed by atoms with Crippen molar-refractivity contribution in [3.05, 3.63) is 58.1 Å². The molecule has 0 N–H and O–H groups in total. The normalized spacial score (nSPS) is 10.2. The fraction of sp³-hybridized carbons (Fsp3) is 0.188. The molecule has 0 spiro atoms. The van der Waals surface area contributed by atoms with Crippen LogP contribution in [-0.4, -0.2) is 12.6 Å². The molecule has 0 aliphatic rings. The monoisotopic (exact) mass is 334 g/mol. The lowest BCUT2D eigenvalue weighted by Crippen LogP contribution is -2.17. The van der Waals surface area contributed by atoms with E-state index >= 15 is 0 Å². The van der Waals surface area contributed by atoms with Crippen LogP contribution in [0.25, 0.3) is 0 Å². The van der Waals surface area contributed by atoms with Crippen LogP contribution in [0.2, 0.25) is 0 Å². The van der Waals surface area contributed by atoms with E-state index in [9.17, 15) is 4.79 Å². The Balaban J connectivity index is 1.90. The Hall–Kier alpha value is -1.81. The number of hydrogen-bond donors (Lipinski definition) is 0. The van der Waals surface area contributed by atoms with Crippen LogP contribution in [-0.2, 0) is 4.79 Å². The highest BCUT2D eigenvalue weighted by Gasteiger charge is 2.08. The lowest BCUT2D eigenvalue weighted by atomic mass is 10.2. The largest absolute Gasteiger partial charge is 0.481 e. The van der Waals surface area contributed by atoms with Gasteiger partial charge in [-0.05, 0) is 59.6 Å². The predicted molar refractivity (Wildman–Crippen MR) is 81.2 cm³/mol. The fourth-order valence-corrected chi connectivity index (χ4v) is 2.23. The molecule has 20 heavy (non-hydrogen) atoms. The summed E-state index contributed by atoms with van der Waals surface area (Å²) >= 11 is 3.39. The van der Waals surface area contributed by atoms with Gasteiger partial charge < -0.3 is 9.47 Å². The molecule has 0 unspecified atom stereocenters. The zero-order chi connectivity index (χ0) is 14.5. The molecule has 0 fully saturated rings. The Morgan fingerprint density at radius 3 is 2.35 bits per heavy atom. The molecule has 2 aromatic carbocycles. The Bertz CT molecular complexity index is 606. The van der Waals surface area contributed by atoms with E-state index in [-0.39, 0.29) is 6.61 Å². The molecular formula is C16H15BrO3. The molecule has 0 heterocycles. The number of aryl methyl sites for hydroxylation is 2. The summed E-state index contributed by atoms with van der Waals surface area (Å²) in [4.78, 5) is 11.7. The summed E-state index contributed by atoms with van der Waals surface area (Å²) in [6, 6.07) is 13.0. The highest BCUT2D eigenvalue weighted by molar-refractivity contribution is 9.10. The van der Waals surface area contributed by atoms with E-state index in [2.05, 4.69) is 15.9 Å². The maximum Gasteiger partial charge on any atom is 0.349 e. The van der Waals surface area contributed by atoms with Gasteiger partial charge in [-0.1, -0.05) is 23.8 Å². The highest BCUT2D eigenvalue weighted by atomic mass is 79.9. The van der Waals surface area contributed by atoms with Crippen LogP contribution < -0.4 is 9.47 Å². The molecule has 0 aliphatic carbocycles. The lowest BCUT2D eigenvalue weighted by molar-refractivity contribution is -0.136. The number of hydrogen-bond acceptors (Lipinski definition) is 3. The van der Waals surface area contributed by atoms with Crippen molar-refractivity contribution >= 4 is 21.9 Å². The minimum Gasteiger partial charge on any atom is -0.481 e. The van der Waals surface area contributed by atoms with Crippen LogP contribution in [0, 0.1) is 13.8 Å². The van der Waals surface area contributed by atoms with Gasteiger partial charge in [-0.2, -0.15) is 0 Å². The third-order valence-corrected chi connectivity index (χ3v) is 3.31. The smallest absolute Gasteiger partial charge is 0.349 e. The average Bonchev–Trinajstić information content (AvgIpc) is 2.40. The molecule has 3 nitrogen and oxygen atoms in total. The maximum absolute atomic E-state index is 11.7. The topological polar surface area (TPSA) is 35.5 Å². The van der Waals surface area contributed by atoms with E-state index in [1.807, 2.05) is 44.2 Å². The molecule has 0 bridgehead atoms. The summed E-state index contributed by atoms with van der Waals surface area (Å²) in [5, 5.41) is 0. The Kier molecular flexibility index (Phi) is 4.79. The molecule has 0 amide bonds. The molecule has 4 heteroatoms. The second kappa shape index (κ2) is 6.57. The molecule has 0 aliphatic heterocycles. The first-order valence-corrected chi connectivity index (χ1v) is 7.00. The van der Waals surface area contributed by atoms with Gasteiger partial charge in [-0.15, -0.1) is 0 Å². The van der Waals surface area contributed by atoms with Gasteiger partial charge in [-0.25, -0.2) is 4.79 Å². The quantitative estimate of drug-likeness (QED) is 0.625. The first-order chi connectivity index (χ1) is 9.54. The van der Waals surface area contributed by atoms with Crippen LogP contribution in [0.3, 0.4) is 0 Å². The van der Waals surface area contributed by atoms with Crippen LogP contribution in [0.15, 0.2) is 46.9 Å². The first-order valence-electron chi connectivity index (χ1n) is 6.21. The van der Waals surface area contributed by atoms with Gasteiger partial charge in [0.1, 0.15) is 11.5 Å². The van der Waals surface area contributed by atoms with Crippen molar-refractivity contribution in [2.75, 3.05) is 6.61 Å². The van der Waals surface area contributed by atoms with E-state index in [1.165, 1.54) is 0 Å². The summed E-state index contributed by atoms with van der Waals surface area (Å²) in [6.45, 7) is 3.83. The van der Waals surface area contributed by atoms with E-state index in [0.717, 1.165) is 15.6 Å².